The van der Waals surface area contributed by atoms with Crippen molar-refractivity contribution in [1.82, 2.24) is 4.31 Å². The Kier molecular flexibility index (Phi) is 6.26. The second kappa shape index (κ2) is 7.24. The molecule has 0 spiro atoms. The molecule has 4 nitrogen and oxygen atoms in total. The van der Waals surface area contributed by atoms with Crippen molar-refractivity contribution in [2.24, 2.45) is 0 Å². The largest absolute Gasteiger partial charge is 0.383 e. The van der Waals surface area contributed by atoms with Gasteiger partial charge < -0.3 is 4.74 Å². The third kappa shape index (κ3) is 4.18. The second-order valence-electron chi connectivity index (χ2n) is 4.41. The number of halogens is 1. The van der Waals surface area contributed by atoms with E-state index < -0.39 is 10.0 Å². The molecule has 0 aromatic heterocycles. The molecule has 0 fully saturated rings. The molecule has 0 radical (unpaired) electrons. The normalized spacial score (nSPS) is 13.7. The van der Waals surface area contributed by atoms with Gasteiger partial charge in [-0.05, 0) is 31.0 Å². The molecule has 108 valence electrons. The van der Waals surface area contributed by atoms with Gasteiger partial charge in [-0.15, -0.1) is 11.6 Å². The zero-order chi connectivity index (χ0) is 14.5. The molecule has 0 bridgehead atoms. The SMILES string of the molecule is COCC(C)N(C)S(=O)(=O)c1ccc(CCCl)cc1. The first-order valence-corrected chi connectivity index (χ1v) is 8.02. The maximum Gasteiger partial charge on any atom is 0.243 e. The summed E-state index contributed by atoms with van der Waals surface area (Å²) in [5.74, 6) is 0.525. The van der Waals surface area contributed by atoms with Gasteiger partial charge in [-0.2, -0.15) is 4.31 Å². The Morgan fingerprint density at radius 2 is 1.89 bits per heavy atom. The number of hydrogen-bond acceptors (Lipinski definition) is 3. The van der Waals surface area contributed by atoms with E-state index in [1.807, 2.05) is 6.92 Å². The van der Waals surface area contributed by atoms with E-state index in [-0.39, 0.29) is 10.9 Å². The Morgan fingerprint density at radius 3 is 2.37 bits per heavy atom. The van der Waals surface area contributed by atoms with Gasteiger partial charge in [0.15, 0.2) is 0 Å². The Hall–Kier alpha value is -0.620. The molecule has 0 heterocycles. The highest BCUT2D eigenvalue weighted by Crippen LogP contribution is 2.17. The molecule has 0 aliphatic carbocycles. The topological polar surface area (TPSA) is 46.6 Å². The van der Waals surface area contributed by atoms with Crippen LogP contribution >= 0.6 is 11.6 Å². The summed E-state index contributed by atoms with van der Waals surface area (Å²) in [7, 11) is -0.357. The van der Waals surface area contributed by atoms with Crippen LogP contribution in [0.4, 0.5) is 0 Å². The maximum atomic E-state index is 12.4. The number of methoxy groups -OCH3 is 1. The van der Waals surface area contributed by atoms with Crippen molar-refractivity contribution in [2.75, 3.05) is 26.6 Å². The summed E-state index contributed by atoms with van der Waals surface area (Å²) < 4.78 is 31.0. The zero-order valence-electron chi connectivity index (χ0n) is 11.5. The molecule has 0 N–H and O–H groups in total. The molecule has 0 aliphatic heterocycles. The van der Waals surface area contributed by atoms with Crippen LogP contribution in [-0.4, -0.2) is 45.4 Å². The first-order valence-electron chi connectivity index (χ1n) is 6.05. The van der Waals surface area contributed by atoms with Crippen molar-refractivity contribution in [1.29, 1.82) is 0 Å². The molecule has 1 aromatic carbocycles. The average molecular weight is 306 g/mol. The number of sulfonamides is 1. The van der Waals surface area contributed by atoms with Crippen molar-refractivity contribution >= 4 is 21.6 Å². The first-order chi connectivity index (χ1) is 8.93. The van der Waals surface area contributed by atoms with Crippen LogP contribution in [0.1, 0.15) is 12.5 Å². The minimum Gasteiger partial charge on any atom is -0.383 e. The van der Waals surface area contributed by atoms with Crippen molar-refractivity contribution in [3.63, 3.8) is 0 Å². The van der Waals surface area contributed by atoms with Crippen LogP contribution in [0.15, 0.2) is 29.2 Å². The van der Waals surface area contributed by atoms with Crippen LogP contribution in [0.2, 0.25) is 0 Å². The Morgan fingerprint density at radius 1 is 1.32 bits per heavy atom. The van der Waals surface area contributed by atoms with Gasteiger partial charge in [-0.1, -0.05) is 12.1 Å². The first kappa shape index (κ1) is 16.4. The molecule has 6 heteroatoms. The van der Waals surface area contributed by atoms with Gasteiger partial charge in [0.2, 0.25) is 10.0 Å². The molecule has 0 aliphatic rings. The fourth-order valence-corrected chi connectivity index (χ4v) is 3.25. The highest BCUT2D eigenvalue weighted by Gasteiger charge is 2.25. The molecule has 1 rings (SSSR count). The van der Waals surface area contributed by atoms with Gasteiger partial charge >= 0.3 is 0 Å². The number of alkyl halides is 1. The molecule has 0 saturated carbocycles. The molecule has 1 aromatic rings. The summed E-state index contributed by atoms with van der Waals surface area (Å²) in [4.78, 5) is 0.288. The van der Waals surface area contributed by atoms with Gasteiger partial charge in [0.25, 0.3) is 0 Å². The quantitative estimate of drug-likeness (QED) is 0.725. The van der Waals surface area contributed by atoms with Crippen molar-refractivity contribution < 1.29 is 13.2 Å². The van der Waals surface area contributed by atoms with Crippen LogP contribution < -0.4 is 0 Å². The summed E-state index contributed by atoms with van der Waals surface area (Å²) in [5.41, 5.74) is 1.03. The lowest BCUT2D eigenvalue weighted by Crippen LogP contribution is -2.37. The highest BCUT2D eigenvalue weighted by atomic mass is 35.5. The third-order valence-corrected chi connectivity index (χ3v) is 5.19. The van der Waals surface area contributed by atoms with Gasteiger partial charge in [-0.25, -0.2) is 8.42 Å². The number of benzene rings is 1. The number of hydrogen-bond donors (Lipinski definition) is 0. The lowest BCUT2D eigenvalue weighted by atomic mass is 10.2. The Labute approximate surface area is 120 Å². The van der Waals surface area contributed by atoms with Crippen molar-refractivity contribution in [3.8, 4) is 0 Å². The summed E-state index contributed by atoms with van der Waals surface area (Å²) in [6.07, 6.45) is 0.734. The van der Waals surface area contributed by atoms with Crippen LogP contribution in [0.25, 0.3) is 0 Å². The van der Waals surface area contributed by atoms with Crippen LogP contribution in [0.5, 0.6) is 0 Å². The summed E-state index contributed by atoms with van der Waals surface area (Å²) >= 11 is 5.65. The van der Waals surface area contributed by atoms with Gasteiger partial charge in [0.1, 0.15) is 0 Å². The van der Waals surface area contributed by atoms with Gasteiger partial charge in [0, 0.05) is 26.1 Å². The van der Waals surface area contributed by atoms with E-state index in [0.29, 0.717) is 12.5 Å². The number of nitrogens with zero attached hydrogens (tertiary/aromatic N) is 1. The van der Waals surface area contributed by atoms with Crippen molar-refractivity contribution in [2.45, 2.75) is 24.3 Å². The molecule has 19 heavy (non-hydrogen) atoms. The summed E-state index contributed by atoms with van der Waals surface area (Å²) in [5, 5.41) is 0. The smallest absolute Gasteiger partial charge is 0.243 e. The monoisotopic (exact) mass is 305 g/mol. The number of aryl methyl sites for hydroxylation is 1. The number of likely N-dealkylation sites (N-methyl/N-ethyl adjacent to an activating group) is 1. The highest BCUT2D eigenvalue weighted by molar-refractivity contribution is 7.89. The molecule has 0 saturated heterocycles. The minimum atomic E-state index is -3.47. The second-order valence-corrected chi connectivity index (χ2v) is 6.78. The van der Waals surface area contributed by atoms with Gasteiger partial charge in [0.05, 0.1) is 11.5 Å². The summed E-state index contributed by atoms with van der Waals surface area (Å²) in [6.45, 7) is 2.17. The number of ether oxygens (including phenoxy) is 1. The fraction of sp³-hybridized carbons (Fsp3) is 0.538. The maximum absolute atomic E-state index is 12.4. The average Bonchev–Trinajstić information content (AvgIpc) is 2.39. The molecule has 1 unspecified atom stereocenters. The van der Waals surface area contributed by atoms with E-state index in [9.17, 15) is 8.42 Å². The molecular weight excluding hydrogens is 286 g/mol. The molecule has 0 amide bonds. The predicted molar refractivity (Wildman–Crippen MR) is 77.2 cm³/mol. The molecule has 1 atom stereocenters. The predicted octanol–water partition coefficient (Wildman–Crippen LogP) is 2.12. The lowest BCUT2D eigenvalue weighted by Gasteiger charge is -2.23. The van der Waals surface area contributed by atoms with Crippen LogP contribution in [0, 0.1) is 0 Å². The number of rotatable bonds is 7. The van der Waals surface area contributed by atoms with E-state index in [0.717, 1.165) is 12.0 Å². The third-order valence-electron chi connectivity index (χ3n) is 3.01. The van der Waals surface area contributed by atoms with Crippen LogP contribution in [-0.2, 0) is 21.2 Å². The van der Waals surface area contributed by atoms with Crippen LogP contribution in [0.3, 0.4) is 0 Å². The van der Waals surface area contributed by atoms with Crippen molar-refractivity contribution in [3.05, 3.63) is 29.8 Å². The van der Waals surface area contributed by atoms with E-state index in [2.05, 4.69) is 0 Å². The fourth-order valence-electron chi connectivity index (χ4n) is 1.69. The molecular formula is C13H20ClNO3S. The summed E-state index contributed by atoms with van der Waals surface area (Å²) in [6, 6.07) is 6.62. The van der Waals surface area contributed by atoms with E-state index in [1.54, 1.807) is 38.4 Å². The lowest BCUT2D eigenvalue weighted by molar-refractivity contribution is 0.149. The van der Waals surface area contributed by atoms with Gasteiger partial charge in [-0.3, -0.25) is 0 Å². The van der Waals surface area contributed by atoms with E-state index in [1.165, 1.54) is 4.31 Å². The standard InChI is InChI=1S/C13H20ClNO3S/c1-11(10-18-3)15(2)19(16,17)13-6-4-12(5-7-13)8-9-14/h4-7,11H,8-10H2,1-3H3. The zero-order valence-corrected chi connectivity index (χ0v) is 13.0. The van der Waals surface area contributed by atoms with E-state index in [4.69, 9.17) is 16.3 Å². The van der Waals surface area contributed by atoms with E-state index >= 15 is 0 Å². The Balaban J connectivity index is 2.93. The minimum absolute atomic E-state index is 0.211. The Bertz CT molecular complexity index is 487.